The molecule has 106 valence electrons. The number of benzene rings is 1. The number of rotatable bonds is 3. The number of pyridine rings is 1. The Morgan fingerprint density at radius 2 is 1.80 bits per heavy atom. The lowest BCUT2D eigenvalue weighted by molar-refractivity contribution is 0.589. The first-order valence-corrected chi connectivity index (χ1v) is 7.61. The van der Waals surface area contributed by atoms with E-state index in [1.165, 1.54) is 11.1 Å². The van der Waals surface area contributed by atoms with Crippen molar-refractivity contribution >= 4 is 15.9 Å². The molecule has 1 heterocycles. The summed E-state index contributed by atoms with van der Waals surface area (Å²) in [6, 6.07) is 10.7. The summed E-state index contributed by atoms with van der Waals surface area (Å²) in [7, 11) is 0. The van der Waals surface area contributed by atoms with Gasteiger partial charge in [0.05, 0.1) is 0 Å². The number of halogens is 1. The SMILES string of the molecule is CC(C)(C)c1ccc(CC(N)c2cncc(Br)c2)cc1. The van der Waals surface area contributed by atoms with E-state index in [4.69, 9.17) is 5.73 Å². The molecule has 2 nitrogen and oxygen atoms in total. The molecule has 2 aromatic rings. The van der Waals surface area contributed by atoms with E-state index in [2.05, 4.69) is 66.0 Å². The second-order valence-electron chi connectivity index (χ2n) is 6.19. The van der Waals surface area contributed by atoms with Crippen LogP contribution in [0.3, 0.4) is 0 Å². The first-order chi connectivity index (χ1) is 9.36. The van der Waals surface area contributed by atoms with Crippen molar-refractivity contribution in [3.8, 4) is 0 Å². The van der Waals surface area contributed by atoms with Crippen LogP contribution in [0.25, 0.3) is 0 Å². The number of aromatic nitrogens is 1. The fraction of sp³-hybridized carbons (Fsp3) is 0.353. The fourth-order valence-electron chi connectivity index (χ4n) is 2.14. The van der Waals surface area contributed by atoms with E-state index in [9.17, 15) is 0 Å². The highest BCUT2D eigenvalue weighted by atomic mass is 79.9. The van der Waals surface area contributed by atoms with Crippen LogP contribution in [-0.4, -0.2) is 4.98 Å². The van der Waals surface area contributed by atoms with Gasteiger partial charge in [0.2, 0.25) is 0 Å². The van der Waals surface area contributed by atoms with Crippen molar-refractivity contribution < 1.29 is 0 Å². The first kappa shape index (κ1) is 15.2. The molecule has 0 aliphatic rings. The zero-order chi connectivity index (χ0) is 14.8. The number of nitrogens with two attached hydrogens (primary N) is 1. The standard InChI is InChI=1S/C17H21BrN2/c1-17(2,3)14-6-4-12(5-7-14)8-16(19)13-9-15(18)11-20-10-13/h4-7,9-11,16H,8,19H2,1-3H3. The lowest BCUT2D eigenvalue weighted by Crippen LogP contribution is -2.14. The molecule has 0 saturated carbocycles. The van der Waals surface area contributed by atoms with E-state index in [1.807, 2.05) is 12.3 Å². The van der Waals surface area contributed by atoms with Crippen molar-refractivity contribution in [2.75, 3.05) is 0 Å². The molecular weight excluding hydrogens is 312 g/mol. The summed E-state index contributed by atoms with van der Waals surface area (Å²) >= 11 is 3.43. The average molecular weight is 333 g/mol. The largest absolute Gasteiger partial charge is 0.324 e. The number of hydrogen-bond acceptors (Lipinski definition) is 2. The molecule has 0 radical (unpaired) electrons. The Bertz CT molecular complexity index is 570. The van der Waals surface area contributed by atoms with Gasteiger partial charge in [-0.15, -0.1) is 0 Å². The van der Waals surface area contributed by atoms with Crippen LogP contribution in [0.15, 0.2) is 47.2 Å². The Morgan fingerprint density at radius 3 is 2.35 bits per heavy atom. The normalized spacial score (nSPS) is 13.2. The predicted octanol–water partition coefficient (Wildman–Crippen LogP) is 4.38. The topological polar surface area (TPSA) is 38.9 Å². The van der Waals surface area contributed by atoms with Crippen LogP contribution in [0.1, 0.15) is 43.5 Å². The van der Waals surface area contributed by atoms with Crippen LogP contribution >= 0.6 is 15.9 Å². The minimum absolute atomic E-state index is 0.0273. The molecule has 2 rings (SSSR count). The molecule has 3 heteroatoms. The lowest BCUT2D eigenvalue weighted by Gasteiger charge is -2.19. The van der Waals surface area contributed by atoms with Crippen molar-refractivity contribution in [1.82, 2.24) is 4.98 Å². The Hall–Kier alpha value is -1.19. The van der Waals surface area contributed by atoms with Crippen LogP contribution in [0.5, 0.6) is 0 Å². The molecule has 0 saturated heterocycles. The molecule has 1 aromatic carbocycles. The summed E-state index contributed by atoms with van der Waals surface area (Å²) in [6.07, 6.45) is 4.43. The van der Waals surface area contributed by atoms with E-state index in [-0.39, 0.29) is 11.5 Å². The second kappa shape index (κ2) is 6.06. The van der Waals surface area contributed by atoms with Crippen molar-refractivity contribution in [1.29, 1.82) is 0 Å². The quantitative estimate of drug-likeness (QED) is 0.905. The van der Waals surface area contributed by atoms with Gasteiger partial charge in [-0.2, -0.15) is 0 Å². The highest BCUT2D eigenvalue weighted by molar-refractivity contribution is 9.10. The fourth-order valence-corrected chi connectivity index (χ4v) is 2.53. The molecule has 0 fully saturated rings. The summed E-state index contributed by atoms with van der Waals surface area (Å²) in [5.41, 5.74) is 10.1. The number of nitrogens with zero attached hydrogens (tertiary/aromatic N) is 1. The molecule has 1 aromatic heterocycles. The highest BCUT2D eigenvalue weighted by Crippen LogP contribution is 2.24. The van der Waals surface area contributed by atoms with Crippen LogP contribution in [0, 0.1) is 0 Å². The van der Waals surface area contributed by atoms with Gasteiger partial charge in [0.1, 0.15) is 0 Å². The van der Waals surface area contributed by atoms with E-state index in [1.54, 1.807) is 6.20 Å². The van der Waals surface area contributed by atoms with Gasteiger partial charge < -0.3 is 5.73 Å². The third-order valence-electron chi connectivity index (χ3n) is 3.43. The monoisotopic (exact) mass is 332 g/mol. The van der Waals surface area contributed by atoms with Crippen molar-refractivity contribution in [3.63, 3.8) is 0 Å². The molecule has 20 heavy (non-hydrogen) atoms. The van der Waals surface area contributed by atoms with Gasteiger partial charge >= 0.3 is 0 Å². The highest BCUT2D eigenvalue weighted by Gasteiger charge is 2.14. The minimum atomic E-state index is -0.0273. The Balaban J connectivity index is 2.10. The van der Waals surface area contributed by atoms with Crippen molar-refractivity contribution in [3.05, 3.63) is 63.9 Å². The molecule has 0 aliphatic carbocycles. The van der Waals surface area contributed by atoms with Gasteiger partial charge in [0, 0.05) is 22.9 Å². The maximum Gasteiger partial charge on any atom is 0.0410 e. The maximum atomic E-state index is 6.26. The summed E-state index contributed by atoms with van der Waals surface area (Å²) in [5.74, 6) is 0. The molecule has 1 atom stereocenters. The zero-order valence-corrected chi connectivity index (χ0v) is 13.8. The lowest BCUT2D eigenvalue weighted by atomic mass is 9.86. The molecule has 0 amide bonds. The van der Waals surface area contributed by atoms with E-state index in [0.29, 0.717) is 0 Å². The Kier molecular flexibility index (Phi) is 4.61. The summed E-state index contributed by atoms with van der Waals surface area (Å²) in [6.45, 7) is 6.67. The van der Waals surface area contributed by atoms with E-state index < -0.39 is 0 Å². The smallest absolute Gasteiger partial charge is 0.0410 e. The van der Waals surface area contributed by atoms with E-state index in [0.717, 1.165) is 16.5 Å². The second-order valence-corrected chi connectivity index (χ2v) is 7.11. The summed E-state index contributed by atoms with van der Waals surface area (Å²) in [4.78, 5) is 4.17. The predicted molar refractivity (Wildman–Crippen MR) is 87.7 cm³/mol. The van der Waals surface area contributed by atoms with Gasteiger partial charge in [-0.25, -0.2) is 0 Å². The Labute approximate surface area is 129 Å². The van der Waals surface area contributed by atoms with E-state index >= 15 is 0 Å². The first-order valence-electron chi connectivity index (χ1n) is 6.82. The third kappa shape index (κ3) is 3.90. The average Bonchev–Trinajstić information content (AvgIpc) is 2.38. The van der Waals surface area contributed by atoms with Gasteiger partial charge in [-0.05, 0) is 50.5 Å². The third-order valence-corrected chi connectivity index (χ3v) is 3.86. The van der Waals surface area contributed by atoms with Crippen LogP contribution < -0.4 is 5.73 Å². The molecule has 0 aliphatic heterocycles. The molecule has 0 spiro atoms. The molecule has 0 bridgehead atoms. The molecule has 2 N–H and O–H groups in total. The van der Waals surface area contributed by atoms with Gasteiger partial charge in [-0.3, -0.25) is 4.98 Å². The minimum Gasteiger partial charge on any atom is -0.324 e. The van der Waals surface area contributed by atoms with Gasteiger partial charge in [0.15, 0.2) is 0 Å². The van der Waals surface area contributed by atoms with Crippen molar-refractivity contribution in [2.45, 2.75) is 38.6 Å². The summed E-state index contributed by atoms with van der Waals surface area (Å²) < 4.78 is 0.966. The molecular formula is C17H21BrN2. The number of hydrogen-bond donors (Lipinski definition) is 1. The maximum absolute atomic E-state index is 6.26. The van der Waals surface area contributed by atoms with Crippen molar-refractivity contribution in [2.24, 2.45) is 5.73 Å². The summed E-state index contributed by atoms with van der Waals surface area (Å²) in [5, 5.41) is 0. The van der Waals surface area contributed by atoms with Gasteiger partial charge in [-0.1, -0.05) is 45.0 Å². The van der Waals surface area contributed by atoms with Crippen LogP contribution in [-0.2, 0) is 11.8 Å². The van der Waals surface area contributed by atoms with Gasteiger partial charge in [0.25, 0.3) is 0 Å². The zero-order valence-electron chi connectivity index (χ0n) is 12.2. The molecule has 1 unspecified atom stereocenters. The van der Waals surface area contributed by atoms with Crippen LogP contribution in [0.2, 0.25) is 0 Å². The Morgan fingerprint density at radius 1 is 1.15 bits per heavy atom. The van der Waals surface area contributed by atoms with Crippen LogP contribution in [0.4, 0.5) is 0 Å².